The lowest BCUT2D eigenvalue weighted by atomic mass is 9.96. The van der Waals surface area contributed by atoms with E-state index in [1.807, 2.05) is 12.1 Å². The van der Waals surface area contributed by atoms with Crippen molar-refractivity contribution in [3.63, 3.8) is 0 Å². The Morgan fingerprint density at radius 1 is 1.39 bits per heavy atom. The van der Waals surface area contributed by atoms with Crippen molar-refractivity contribution in [2.24, 2.45) is 0 Å². The summed E-state index contributed by atoms with van der Waals surface area (Å²) >= 11 is 1.27. The number of carbonyl (C=O) groups excluding carboxylic acids is 2. The molecule has 120 valence electrons. The molecular weight excluding hydrogens is 312 g/mol. The number of nitrogens with zero attached hydrogens (tertiary/aromatic N) is 1. The molecule has 23 heavy (non-hydrogen) atoms. The van der Waals surface area contributed by atoms with Crippen LogP contribution in [0.4, 0.5) is 0 Å². The molecule has 1 amide bonds. The molecule has 6 heteroatoms. The second kappa shape index (κ2) is 6.91. The fourth-order valence-electron chi connectivity index (χ4n) is 2.19. The van der Waals surface area contributed by atoms with Crippen molar-refractivity contribution in [1.82, 2.24) is 10.3 Å². The summed E-state index contributed by atoms with van der Waals surface area (Å²) in [6.45, 7) is 1.89. The number of amides is 1. The van der Waals surface area contributed by atoms with E-state index in [2.05, 4.69) is 10.3 Å². The highest BCUT2D eigenvalue weighted by molar-refractivity contribution is 7.12. The van der Waals surface area contributed by atoms with Crippen LogP contribution in [0.5, 0.6) is 5.88 Å². The summed E-state index contributed by atoms with van der Waals surface area (Å²) in [7, 11) is 0. The molecule has 3 rings (SSSR count). The average molecular weight is 330 g/mol. The van der Waals surface area contributed by atoms with Crippen LogP contribution in [-0.2, 0) is 6.54 Å². The maximum atomic E-state index is 12.1. The molecule has 0 bridgehead atoms. The molecule has 2 heterocycles. The van der Waals surface area contributed by atoms with Crippen LogP contribution in [0.25, 0.3) is 0 Å². The van der Waals surface area contributed by atoms with Crippen molar-refractivity contribution in [1.29, 1.82) is 0 Å². The number of Topliss-reactive ketones (excluding diaryl/α,β-unsaturated/α-hetero) is 1. The number of rotatable bonds is 6. The van der Waals surface area contributed by atoms with Gasteiger partial charge in [0.25, 0.3) is 5.91 Å². The fraction of sp³-hybridized carbons (Fsp3) is 0.353. The lowest BCUT2D eigenvalue weighted by Crippen LogP contribution is -2.25. The van der Waals surface area contributed by atoms with Gasteiger partial charge in [0.05, 0.1) is 4.88 Å². The van der Waals surface area contributed by atoms with E-state index < -0.39 is 0 Å². The number of pyridine rings is 1. The standard InChI is InChI=1S/C17H18N2O3S/c1-11(20)13-8-15(23-10-13)17(21)19-9-12-5-6-18-16(7-12)22-14-3-2-4-14/h5-8,10,14H,2-4,9H2,1H3,(H,19,21). The summed E-state index contributed by atoms with van der Waals surface area (Å²) in [6.07, 6.45) is 5.35. The van der Waals surface area contributed by atoms with Gasteiger partial charge in [0.1, 0.15) is 6.10 Å². The number of aromatic nitrogens is 1. The largest absolute Gasteiger partial charge is 0.474 e. The minimum Gasteiger partial charge on any atom is -0.474 e. The lowest BCUT2D eigenvalue weighted by Gasteiger charge is -2.25. The third-order valence-electron chi connectivity index (χ3n) is 3.82. The normalized spacial score (nSPS) is 14.1. The highest BCUT2D eigenvalue weighted by atomic mass is 32.1. The molecule has 0 saturated heterocycles. The Balaban J connectivity index is 1.57. The van der Waals surface area contributed by atoms with E-state index in [-0.39, 0.29) is 17.8 Å². The molecule has 0 spiro atoms. The number of hydrogen-bond donors (Lipinski definition) is 1. The Bertz CT molecular complexity index is 722. The molecule has 1 N–H and O–H groups in total. The van der Waals surface area contributed by atoms with Gasteiger partial charge in [-0.1, -0.05) is 0 Å². The fourth-order valence-corrected chi connectivity index (χ4v) is 3.06. The molecule has 0 aliphatic heterocycles. The Labute approximate surface area is 138 Å². The maximum absolute atomic E-state index is 12.1. The van der Waals surface area contributed by atoms with Gasteiger partial charge in [-0.05, 0) is 43.9 Å². The summed E-state index contributed by atoms with van der Waals surface area (Å²) < 4.78 is 5.75. The Kier molecular flexibility index (Phi) is 4.71. The Hall–Kier alpha value is -2.21. The number of thiophene rings is 1. The molecular formula is C17H18N2O3S. The maximum Gasteiger partial charge on any atom is 0.261 e. The molecule has 5 nitrogen and oxygen atoms in total. The summed E-state index contributed by atoms with van der Waals surface area (Å²) in [4.78, 5) is 28.1. The van der Waals surface area contributed by atoms with Crippen molar-refractivity contribution in [3.05, 3.63) is 45.8 Å². The first-order valence-electron chi connectivity index (χ1n) is 7.61. The van der Waals surface area contributed by atoms with E-state index in [0.29, 0.717) is 22.9 Å². The Morgan fingerprint density at radius 2 is 2.22 bits per heavy atom. The van der Waals surface area contributed by atoms with Gasteiger partial charge < -0.3 is 10.1 Å². The number of carbonyl (C=O) groups is 2. The highest BCUT2D eigenvalue weighted by Gasteiger charge is 2.19. The van der Waals surface area contributed by atoms with E-state index in [1.165, 1.54) is 24.7 Å². The predicted molar refractivity (Wildman–Crippen MR) is 88.0 cm³/mol. The molecule has 2 aromatic heterocycles. The third kappa shape index (κ3) is 3.96. The topological polar surface area (TPSA) is 68.3 Å². The third-order valence-corrected chi connectivity index (χ3v) is 4.75. The lowest BCUT2D eigenvalue weighted by molar-refractivity contribution is 0.0954. The summed E-state index contributed by atoms with van der Waals surface area (Å²) in [5.41, 5.74) is 1.51. The van der Waals surface area contributed by atoms with Gasteiger partial charge in [0.2, 0.25) is 5.88 Å². The molecule has 0 atom stereocenters. The molecule has 1 aliphatic rings. The van der Waals surface area contributed by atoms with E-state index >= 15 is 0 Å². The van der Waals surface area contributed by atoms with Crippen molar-refractivity contribution >= 4 is 23.0 Å². The van der Waals surface area contributed by atoms with E-state index in [4.69, 9.17) is 4.74 Å². The van der Waals surface area contributed by atoms with E-state index in [1.54, 1.807) is 17.6 Å². The van der Waals surface area contributed by atoms with Crippen LogP contribution in [0.3, 0.4) is 0 Å². The predicted octanol–water partition coefficient (Wildman–Crippen LogP) is 3.21. The van der Waals surface area contributed by atoms with Crippen molar-refractivity contribution < 1.29 is 14.3 Å². The smallest absolute Gasteiger partial charge is 0.261 e. The number of ether oxygens (including phenoxy) is 1. The van der Waals surface area contributed by atoms with Gasteiger partial charge in [-0.15, -0.1) is 11.3 Å². The number of ketones is 1. The second-order valence-corrected chi connectivity index (χ2v) is 6.52. The van der Waals surface area contributed by atoms with Crippen molar-refractivity contribution in [3.8, 4) is 5.88 Å². The van der Waals surface area contributed by atoms with Crippen LogP contribution in [-0.4, -0.2) is 22.8 Å². The van der Waals surface area contributed by atoms with Crippen LogP contribution in [0, 0.1) is 0 Å². The van der Waals surface area contributed by atoms with Crippen LogP contribution < -0.4 is 10.1 Å². The van der Waals surface area contributed by atoms with Crippen LogP contribution in [0.15, 0.2) is 29.8 Å². The summed E-state index contributed by atoms with van der Waals surface area (Å²) in [5.74, 6) is 0.393. The van der Waals surface area contributed by atoms with Gasteiger partial charge in [0, 0.05) is 29.8 Å². The minimum absolute atomic E-state index is 0.0350. The second-order valence-electron chi connectivity index (χ2n) is 5.61. The first kappa shape index (κ1) is 15.7. The Morgan fingerprint density at radius 3 is 2.87 bits per heavy atom. The van der Waals surface area contributed by atoms with Crippen molar-refractivity contribution in [2.45, 2.75) is 38.8 Å². The van der Waals surface area contributed by atoms with Crippen LogP contribution in [0.1, 0.15) is 51.8 Å². The summed E-state index contributed by atoms with van der Waals surface area (Å²) in [6, 6.07) is 5.33. The molecule has 1 aliphatic carbocycles. The zero-order chi connectivity index (χ0) is 16.2. The van der Waals surface area contributed by atoms with Crippen molar-refractivity contribution in [2.75, 3.05) is 0 Å². The summed E-state index contributed by atoms with van der Waals surface area (Å²) in [5, 5.41) is 4.56. The van der Waals surface area contributed by atoms with E-state index in [9.17, 15) is 9.59 Å². The monoisotopic (exact) mass is 330 g/mol. The van der Waals surface area contributed by atoms with Crippen LogP contribution in [0.2, 0.25) is 0 Å². The van der Waals surface area contributed by atoms with Gasteiger partial charge in [-0.3, -0.25) is 9.59 Å². The first-order chi connectivity index (χ1) is 11.1. The molecule has 2 aromatic rings. The molecule has 0 unspecified atom stereocenters. The number of hydrogen-bond acceptors (Lipinski definition) is 5. The van der Waals surface area contributed by atoms with E-state index in [0.717, 1.165) is 18.4 Å². The van der Waals surface area contributed by atoms with Gasteiger partial charge in [0.15, 0.2) is 5.78 Å². The minimum atomic E-state index is -0.180. The van der Waals surface area contributed by atoms with Gasteiger partial charge in [-0.2, -0.15) is 0 Å². The number of nitrogens with one attached hydrogen (secondary N) is 1. The highest BCUT2D eigenvalue weighted by Crippen LogP contribution is 2.24. The SMILES string of the molecule is CC(=O)c1csc(C(=O)NCc2ccnc(OC3CCC3)c2)c1. The first-order valence-corrected chi connectivity index (χ1v) is 8.49. The zero-order valence-corrected chi connectivity index (χ0v) is 13.7. The van der Waals surface area contributed by atoms with Gasteiger partial charge in [-0.25, -0.2) is 4.98 Å². The van der Waals surface area contributed by atoms with Crippen LogP contribution >= 0.6 is 11.3 Å². The van der Waals surface area contributed by atoms with Gasteiger partial charge >= 0.3 is 0 Å². The zero-order valence-electron chi connectivity index (χ0n) is 12.9. The quantitative estimate of drug-likeness (QED) is 0.826. The molecule has 1 fully saturated rings. The molecule has 0 radical (unpaired) electrons. The molecule has 1 saturated carbocycles. The molecule has 0 aromatic carbocycles. The average Bonchev–Trinajstić information content (AvgIpc) is 2.99.